The summed E-state index contributed by atoms with van der Waals surface area (Å²) >= 11 is 0. The van der Waals surface area contributed by atoms with Crippen LogP contribution in [0, 0.1) is 28.3 Å². The highest BCUT2D eigenvalue weighted by Crippen LogP contribution is 2.49. The minimum atomic E-state index is -6.01. The average Bonchev–Trinajstić information content (AvgIpc) is 3.63. The second kappa shape index (κ2) is 17.3. The van der Waals surface area contributed by atoms with Gasteiger partial charge in [0.05, 0.1) is 32.5 Å². The van der Waals surface area contributed by atoms with Gasteiger partial charge in [-0.05, 0) is 95.2 Å². The summed E-state index contributed by atoms with van der Waals surface area (Å²) in [4.78, 5) is 23.7. The number of methoxy groups -OCH3 is 3. The van der Waals surface area contributed by atoms with Gasteiger partial charge in [0.25, 0.3) is 0 Å². The Morgan fingerprint density at radius 3 is 1.56 bits per heavy atom. The van der Waals surface area contributed by atoms with Crippen LogP contribution in [0.15, 0.2) is 54.6 Å². The van der Waals surface area contributed by atoms with Crippen molar-refractivity contribution < 1.29 is 62.7 Å². The molecule has 2 aliphatic rings. The van der Waals surface area contributed by atoms with Crippen molar-refractivity contribution in [1.29, 1.82) is 0 Å². The molecular weight excluding hydrogens is 754 g/mol. The molecule has 3 aromatic carbocycles. The third-order valence-corrected chi connectivity index (χ3v) is 10.2. The maximum absolute atomic E-state index is 14.7. The molecule has 0 heterocycles. The van der Waals surface area contributed by atoms with Crippen LogP contribution < -0.4 is 8.92 Å². The molecule has 0 amide bonds. The van der Waals surface area contributed by atoms with Gasteiger partial charge in [-0.3, -0.25) is 0 Å². The Morgan fingerprint density at radius 1 is 0.655 bits per heavy atom. The summed E-state index contributed by atoms with van der Waals surface area (Å²) in [6.07, 6.45) is 6.76. The fourth-order valence-corrected chi connectivity index (χ4v) is 6.78. The molecule has 0 saturated heterocycles. The molecule has 0 saturated carbocycles. The molecule has 15 heteroatoms. The van der Waals surface area contributed by atoms with E-state index >= 15 is 0 Å². The van der Waals surface area contributed by atoms with Crippen molar-refractivity contribution in [3.05, 3.63) is 94.3 Å². The van der Waals surface area contributed by atoms with E-state index in [-0.39, 0.29) is 37.0 Å². The number of alkyl halides is 3. The first kappa shape index (κ1) is 46.4. The highest BCUT2D eigenvalue weighted by atomic mass is 32.2. The molecule has 0 atom stereocenters. The SMILES string of the molecule is C.C.COC(=O)c1cc(C2=CCCC2(C)C)c(-c2cc(OC)ccc2F)cc1F.COC(=O)c1cc(C2=CCCC2(C)C)c(OS(=O)(=O)C(F)(F)F)cc1F. The topological polar surface area (TPSA) is 105 Å². The van der Waals surface area contributed by atoms with Crippen LogP contribution >= 0.6 is 0 Å². The molecule has 302 valence electrons. The van der Waals surface area contributed by atoms with E-state index in [2.05, 4.69) is 28.8 Å². The molecule has 0 bridgehead atoms. The number of halogens is 6. The van der Waals surface area contributed by atoms with Gasteiger partial charge in [0.2, 0.25) is 0 Å². The van der Waals surface area contributed by atoms with Crippen LogP contribution in [-0.4, -0.2) is 47.2 Å². The van der Waals surface area contributed by atoms with E-state index in [1.54, 1.807) is 19.9 Å². The number of hydrogen-bond acceptors (Lipinski definition) is 8. The molecule has 3 aromatic rings. The molecule has 0 N–H and O–H groups in total. The lowest BCUT2D eigenvalue weighted by atomic mass is 9.79. The van der Waals surface area contributed by atoms with E-state index in [9.17, 15) is 44.3 Å². The van der Waals surface area contributed by atoms with Gasteiger partial charge in [-0.25, -0.2) is 22.8 Å². The van der Waals surface area contributed by atoms with Gasteiger partial charge in [0.15, 0.2) is 5.75 Å². The first-order valence-corrected chi connectivity index (χ1v) is 17.6. The van der Waals surface area contributed by atoms with Crippen molar-refractivity contribution in [2.45, 2.75) is 73.7 Å². The maximum atomic E-state index is 14.7. The van der Waals surface area contributed by atoms with Crippen molar-refractivity contribution in [1.82, 2.24) is 0 Å². The summed E-state index contributed by atoms with van der Waals surface area (Å²) in [6, 6.07) is 8.40. The van der Waals surface area contributed by atoms with Gasteiger partial charge in [0.1, 0.15) is 23.2 Å². The van der Waals surface area contributed by atoms with Crippen LogP contribution in [0.5, 0.6) is 11.5 Å². The number of rotatable bonds is 8. The Bertz CT molecular complexity index is 2100. The molecule has 5 rings (SSSR count). The molecule has 8 nitrogen and oxygen atoms in total. The molecule has 55 heavy (non-hydrogen) atoms. The molecule has 2 aliphatic carbocycles. The first-order valence-electron chi connectivity index (χ1n) is 16.2. The maximum Gasteiger partial charge on any atom is 0.534 e. The molecule has 0 unspecified atom stereocenters. The van der Waals surface area contributed by atoms with E-state index in [1.165, 1.54) is 44.6 Å². The number of hydrogen-bond donors (Lipinski definition) is 0. The second-order valence-corrected chi connectivity index (χ2v) is 15.1. The standard InChI is InChI=1S/C22H22F2O3.C16H16F4O5S.2CH4/c1-22(2)9-5-6-18(22)15-11-17(21(25)27-4)20(24)12-14(15)16-10-13(26-3)7-8-19(16)23;1-15(2)6-4-5-11(15)9-7-10(14(21)24-3)12(17)8-13(9)25-26(22,23)16(18,19)20;;/h6-8,10-12H,5,9H2,1-4H3;5,7-8H,4,6H2,1-3H3;2*1H4. The Hall–Kier alpha value is -4.79. The minimum absolute atomic E-state index is 0. The van der Waals surface area contributed by atoms with Gasteiger partial charge in [-0.2, -0.15) is 21.6 Å². The lowest BCUT2D eigenvalue weighted by Gasteiger charge is -2.25. The minimum Gasteiger partial charge on any atom is -0.497 e. The van der Waals surface area contributed by atoms with Gasteiger partial charge in [-0.1, -0.05) is 54.7 Å². The predicted octanol–water partition coefficient (Wildman–Crippen LogP) is 10.9. The molecule has 0 radical (unpaired) electrons. The van der Waals surface area contributed by atoms with Crippen LogP contribution in [-0.2, 0) is 19.6 Å². The van der Waals surface area contributed by atoms with Crippen LogP contribution in [0.1, 0.15) is 100 Å². The van der Waals surface area contributed by atoms with Crippen molar-refractivity contribution >= 4 is 33.2 Å². The predicted molar refractivity (Wildman–Crippen MR) is 198 cm³/mol. The average molecular weight is 801 g/mol. The van der Waals surface area contributed by atoms with E-state index in [1.807, 2.05) is 0 Å². The number of carbonyl (C=O) groups excluding carboxylic acids is 2. The number of esters is 2. The van der Waals surface area contributed by atoms with Gasteiger partial charge >= 0.3 is 27.6 Å². The fourth-order valence-electron chi connectivity index (χ4n) is 6.31. The Labute approximate surface area is 318 Å². The molecule has 0 spiro atoms. The fraction of sp³-hybridized carbons (Fsp3) is 0.400. The van der Waals surface area contributed by atoms with Crippen molar-refractivity contribution in [2.75, 3.05) is 21.3 Å². The smallest absolute Gasteiger partial charge is 0.497 e. The molecule has 0 aromatic heterocycles. The van der Waals surface area contributed by atoms with Crippen molar-refractivity contribution in [2.24, 2.45) is 10.8 Å². The Morgan fingerprint density at radius 2 is 1.13 bits per heavy atom. The van der Waals surface area contributed by atoms with Crippen LogP contribution in [0.3, 0.4) is 0 Å². The summed E-state index contributed by atoms with van der Waals surface area (Å²) in [5, 5.41) is 0. The number of ether oxygens (including phenoxy) is 3. The zero-order valence-corrected chi connectivity index (χ0v) is 30.8. The molecular formula is C40H46F6O8S. The lowest BCUT2D eigenvalue weighted by Crippen LogP contribution is -2.28. The zero-order valence-electron chi connectivity index (χ0n) is 30.0. The molecule has 0 aliphatic heterocycles. The van der Waals surface area contributed by atoms with Crippen molar-refractivity contribution in [3.8, 4) is 22.6 Å². The highest BCUT2D eigenvalue weighted by Gasteiger charge is 2.49. The van der Waals surface area contributed by atoms with Gasteiger partial charge < -0.3 is 18.4 Å². The summed E-state index contributed by atoms with van der Waals surface area (Å²) < 4.78 is 123. The van der Waals surface area contributed by atoms with E-state index in [0.717, 1.165) is 31.6 Å². The highest BCUT2D eigenvalue weighted by molar-refractivity contribution is 7.88. The normalized spacial score (nSPS) is 15.6. The monoisotopic (exact) mass is 800 g/mol. The van der Waals surface area contributed by atoms with E-state index in [4.69, 9.17) is 9.47 Å². The van der Waals surface area contributed by atoms with Gasteiger partial charge in [0, 0.05) is 17.2 Å². The Kier molecular flexibility index (Phi) is 14.6. The van der Waals surface area contributed by atoms with Crippen molar-refractivity contribution in [3.63, 3.8) is 0 Å². The quantitative estimate of drug-likeness (QED) is 0.0960. The number of benzene rings is 3. The largest absolute Gasteiger partial charge is 0.534 e. The summed E-state index contributed by atoms with van der Waals surface area (Å²) in [7, 11) is -2.30. The summed E-state index contributed by atoms with van der Waals surface area (Å²) in [6.45, 7) is 7.74. The van der Waals surface area contributed by atoms with E-state index < -0.39 is 61.7 Å². The van der Waals surface area contributed by atoms with E-state index in [0.29, 0.717) is 41.4 Å². The lowest BCUT2D eigenvalue weighted by molar-refractivity contribution is -0.0500. The summed E-state index contributed by atoms with van der Waals surface area (Å²) in [5.74, 6) is -4.68. The third-order valence-electron chi connectivity index (χ3n) is 9.21. The first-order chi connectivity index (χ1) is 24.6. The Balaban J connectivity index is 0.000000367. The zero-order chi connectivity index (χ0) is 39.7. The van der Waals surface area contributed by atoms with Crippen LogP contribution in [0.25, 0.3) is 22.3 Å². The van der Waals surface area contributed by atoms with Crippen LogP contribution in [0.4, 0.5) is 26.3 Å². The summed E-state index contributed by atoms with van der Waals surface area (Å²) in [5.41, 5.74) is -4.54. The number of allylic oxidation sites excluding steroid dienone is 4. The number of carbonyl (C=O) groups is 2. The third kappa shape index (κ3) is 9.72. The van der Waals surface area contributed by atoms with Gasteiger partial charge in [-0.15, -0.1) is 0 Å². The second-order valence-electron chi connectivity index (χ2n) is 13.6. The molecule has 0 fully saturated rings. The van der Waals surface area contributed by atoms with Crippen LogP contribution in [0.2, 0.25) is 0 Å².